The van der Waals surface area contributed by atoms with Gasteiger partial charge in [0.05, 0.1) is 0 Å². The van der Waals surface area contributed by atoms with Crippen molar-refractivity contribution in [3.05, 3.63) is 17.6 Å². The Balaban J connectivity index is 1.89. The largest absolute Gasteiger partial charge is 0.481 e. The molecule has 0 aromatic carbocycles. The average Bonchev–Trinajstić information content (AvgIpc) is 3.07. The van der Waals surface area contributed by atoms with Crippen molar-refractivity contribution in [2.75, 3.05) is 11.9 Å². The van der Waals surface area contributed by atoms with Crippen LogP contribution < -0.4 is 5.32 Å². The highest BCUT2D eigenvalue weighted by atomic mass is 16.4. The molecular formula is C12H17N3O2. The van der Waals surface area contributed by atoms with Gasteiger partial charge in [-0.1, -0.05) is 0 Å². The molecule has 1 aliphatic rings. The minimum atomic E-state index is -0.760. The van der Waals surface area contributed by atoms with E-state index in [1.807, 2.05) is 13.0 Å². The van der Waals surface area contributed by atoms with Crippen molar-refractivity contribution in [2.24, 2.45) is 0 Å². The zero-order chi connectivity index (χ0) is 12.3. The van der Waals surface area contributed by atoms with Crippen LogP contribution in [-0.2, 0) is 4.79 Å². The summed E-state index contributed by atoms with van der Waals surface area (Å²) in [5.74, 6) is 1.51. The van der Waals surface area contributed by atoms with Gasteiger partial charge in [-0.3, -0.25) is 4.79 Å². The lowest BCUT2D eigenvalue weighted by atomic mass is 10.3. The molecule has 1 aromatic rings. The number of anilines is 1. The van der Waals surface area contributed by atoms with Gasteiger partial charge in [-0.05, 0) is 26.2 Å². The fourth-order valence-electron chi connectivity index (χ4n) is 1.66. The Morgan fingerprint density at radius 2 is 2.29 bits per heavy atom. The summed E-state index contributed by atoms with van der Waals surface area (Å²) in [5.41, 5.74) is 0.961. The van der Waals surface area contributed by atoms with Gasteiger partial charge in [-0.25, -0.2) is 9.97 Å². The van der Waals surface area contributed by atoms with Crippen LogP contribution in [0.15, 0.2) is 6.07 Å². The SMILES string of the molecule is Cc1cc(NCCCC(=O)O)nc(C2CC2)n1. The molecule has 5 heteroatoms. The molecule has 1 aliphatic carbocycles. The van der Waals surface area contributed by atoms with Gasteiger partial charge >= 0.3 is 5.97 Å². The summed E-state index contributed by atoms with van der Waals surface area (Å²) in [7, 11) is 0. The van der Waals surface area contributed by atoms with Crippen LogP contribution in [0.4, 0.5) is 5.82 Å². The molecule has 0 amide bonds. The Morgan fingerprint density at radius 1 is 1.53 bits per heavy atom. The summed E-state index contributed by atoms with van der Waals surface area (Å²) in [5, 5.41) is 11.7. The summed E-state index contributed by atoms with van der Waals surface area (Å²) in [6, 6.07) is 1.90. The fraction of sp³-hybridized carbons (Fsp3) is 0.583. The molecular weight excluding hydrogens is 218 g/mol. The molecule has 1 heterocycles. The van der Waals surface area contributed by atoms with Gasteiger partial charge in [0, 0.05) is 30.6 Å². The summed E-state index contributed by atoms with van der Waals surface area (Å²) in [6.07, 6.45) is 3.16. The van der Waals surface area contributed by atoms with E-state index in [0.717, 1.165) is 17.3 Å². The van der Waals surface area contributed by atoms with Crippen LogP contribution >= 0.6 is 0 Å². The normalized spacial score (nSPS) is 14.6. The summed E-state index contributed by atoms with van der Waals surface area (Å²) < 4.78 is 0. The minimum Gasteiger partial charge on any atom is -0.481 e. The maximum Gasteiger partial charge on any atom is 0.303 e. The second kappa shape index (κ2) is 5.12. The van der Waals surface area contributed by atoms with E-state index in [0.29, 0.717) is 18.9 Å². The molecule has 0 bridgehead atoms. The quantitative estimate of drug-likeness (QED) is 0.737. The number of nitrogens with zero attached hydrogens (tertiary/aromatic N) is 2. The van der Waals surface area contributed by atoms with Crippen LogP contribution in [0.1, 0.15) is 43.1 Å². The number of carboxylic acids is 1. The Morgan fingerprint density at radius 3 is 2.94 bits per heavy atom. The Bertz CT molecular complexity index is 416. The lowest BCUT2D eigenvalue weighted by molar-refractivity contribution is -0.137. The van der Waals surface area contributed by atoms with E-state index in [1.165, 1.54) is 12.8 Å². The van der Waals surface area contributed by atoms with Gasteiger partial charge in [0.25, 0.3) is 0 Å². The zero-order valence-electron chi connectivity index (χ0n) is 9.94. The molecule has 2 N–H and O–H groups in total. The molecule has 5 nitrogen and oxygen atoms in total. The molecule has 1 aromatic heterocycles. The topological polar surface area (TPSA) is 75.1 Å². The van der Waals surface area contributed by atoms with Gasteiger partial charge in [-0.15, -0.1) is 0 Å². The molecule has 92 valence electrons. The third kappa shape index (κ3) is 3.69. The predicted octanol–water partition coefficient (Wildman–Crippen LogP) is 1.94. The molecule has 17 heavy (non-hydrogen) atoms. The summed E-state index contributed by atoms with van der Waals surface area (Å²) >= 11 is 0. The van der Waals surface area contributed by atoms with Crippen molar-refractivity contribution >= 4 is 11.8 Å². The van der Waals surface area contributed by atoms with Crippen molar-refractivity contribution in [1.82, 2.24) is 9.97 Å². The summed E-state index contributed by atoms with van der Waals surface area (Å²) in [6.45, 7) is 2.59. The Kier molecular flexibility index (Phi) is 3.56. The first kappa shape index (κ1) is 11.8. The van der Waals surface area contributed by atoms with Gasteiger partial charge in [0.1, 0.15) is 11.6 Å². The van der Waals surface area contributed by atoms with Gasteiger partial charge < -0.3 is 10.4 Å². The van der Waals surface area contributed by atoms with Crippen LogP contribution in [0.3, 0.4) is 0 Å². The average molecular weight is 235 g/mol. The second-order valence-electron chi connectivity index (χ2n) is 4.45. The highest BCUT2D eigenvalue weighted by molar-refractivity contribution is 5.66. The number of aryl methyl sites for hydroxylation is 1. The van der Waals surface area contributed by atoms with Crippen LogP contribution in [0, 0.1) is 6.92 Å². The lowest BCUT2D eigenvalue weighted by Gasteiger charge is -2.07. The molecule has 1 fully saturated rings. The van der Waals surface area contributed by atoms with Crippen LogP contribution in [0.5, 0.6) is 0 Å². The molecule has 0 radical (unpaired) electrons. The highest BCUT2D eigenvalue weighted by Crippen LogP contribution is 2.38. The van der Waals surface area contributed by atoms with E-state index in [-0.39, 0.29) is 6.42 Å². The fourth-order valence-corrected chi connectivity index (χ4v) is 1.66. The Labute approximate surface area is 100 Å². The summed E-state index contributed by atoms with van der Waals surface area (Å²) in [4.78, 5) is 19.2. The van der Waals surface area contributed by atoms with E-state index in [4.69, 9.17) is 5.11 Å². The van der Waals surface area contributed by atoms with Crippen LogP contribution in [0.25, 0.3) is 0 Å². The number of carboxylic acid groups (broad SMARTS) is 1. The van der Waals surface area contributed by atoms with E-state index in [2.05, 4.69) is 15.3 Å². The number of rotatable bonds is 6. The van der Waals surface area contributed by atoms with Gasteiger partial charge in [0.15, 0.2) is 0 Å². The third-order valence-corrected chi connectivity index (χ3v) is 2.69. The smallest absolute Gasteiger partial charge is 0.303 e. The van der Waals surface area contributed by atoms with Crippen molar-refractivity contribution < 1.29 is 9.90 Å². The van der Waals surface area contributed by atoms with Crippen LogP contribution in [-0.4, -0.2) is 27.6 Å². The third-order valence-electron chi connectivity index (χ3n) is 2.69. The van der Waals surface area contributed by atoms with Gasteiger partial charge in [-0.2, -0.15) is 0 Å². The zero-order valence-corrected chi connectivity index (χ0v) is 9.94. The number of nitrogens with one attached hydrogen (secondary N) is 1. The number of aromatic nitrogens is 2. The standard InChI is InChI=1S/C12H17N3O2/c1-8-7-10(13-6-2-3-11(16)17)15-12(14-8)9-4-5-9/h7,9H,2-6H2,1H3,(H,16,17)(H,13,14,15). The van der Waals surface area contributed by atoms with E-state index < -0.39 is 5.97 Å². The monoisotopic (exact) mass is 235 g/mol. The van der Waals surface area contributed by atoms with E-state index in [1.54, 1.807) is 0 Å². The number of aliphatic carboxylic acids is 1. The van der Waals surface area contributed by atoms with Crippen LogP contribution in [0.2, 0.25) is 0 Å². The van der Waals surface area contributed by atoms with Crippen molar-refractivity contribution in [2.45, 2.75) is 38.5 Å². The first-order valence-electron chi connectivity index (χ1n) is 5.96. The lowest BCUT2D eigenvalue weighted by Crippen LogP contribution is -2.08. The first-order chi connectivity index (χ1) is 8.15. The van der Waals surface area contributed by atoms with Gasteiger partial charge in [0.2, 0.25) is 0 Å². The highest BCUT2D eigenvalue weighted by Gasteiger charge is 2.26. The maximum atomic E-state index is 10.4. The molecule has 0 saturated heterocycles. The van der Waals surface area contributed by atoms with Crippen molar-refractivity contribution in [3.8, 4) is 0 Å². The number of hydrogen-bond acceptors (Lipinski definition) is 4. The molecule has 0 unspecified atom stereocenters. The van der Waals surface area contributed by atoms with E-state index in [9.17, 15) is 4.79 Å². The molecule has 0 aliphatic heterocycles. The molecule has 0 spiro atoms. The Hall–Kier alpha value is -1.65. The number of hydrogen-bond donors (Lipinski definition) is 2. The molecule has 2 rings (SSSR count). The maximum absolute atomic E-state index is 10.4. The van der Waals surface area contributed by atoms with Crippen molar-refractivity contribution in [3.63, 3.8) is 0 Å². The number of carbonyl (C=O) groups is 1. The molecule has 0 atom stereocenters. The van der Waals surface area contributed by atoms with E-state index >= 15 is 0 Å². The second-order valence-corrected chi connectivity index (χ2v) is 4.45. The van der Waals surface area contributed by atoms with Crippen molar-refractivity contribution in [1.29, 1.82) is 0 Å². The molecule has 1 saturated carbocycles. The minimum absolute atomic E-state index is 0.187. The predicted molar refractivity (Wildman–Crippen MR) is 64.1 cm³/mol. The first-order valence-corrected chi connectivity index (χ1v) is 5.96.